The van der Waals surface area contributed by atoms with Gasteiger partial charge in [0.1, 0.15) is 17.4 Å². The Morgan fingerprint density at radius 3 is 2.34 bits per heavy atom. The fourth-order valence-corrected chi connectivity index (χ4v) is 5.05. The lowest BCUT2D eigenvalue weighted by Crippen LogP contribution is -2.37. The van der Waals surface area contributed by atoms with Gasteiger partial charge in [-0.05, 0) is 56.4 Å². The monoisotopic (exact) mass is 445 g/mol. The third-order valence-corrected chi connectivity index (χ3v) is 7.05. The van der Waals surface area contributed by atoms with Crippen LogP contribution in [0.15, 0.2) is 36.5 Å². The lowest BCUT2D eigenvalue weighted by atomic mass is 9.78. The van der Waals surface area contributed by atoms with Crippen molar-refractivity contribution in [3.05, 3.63) is 59.3 Å². The van der Waals surface area contributed by atoms with E-state index in [1.54, 1.807) is 23.6 Å². The summed E-state index contributed by atoms with van der Waals surface area (Å²) in [6.07, 6.45) is 4.61. The molecule has 3 aromatic rings. The van der Waals surface area contributed by atoms with Crippen LogP contribution in [0, 0.1) is 12.7 Å². The molecule has 0 bridgehead atoms. The molecule has 0 N–H and O–H groups in total. The summed E-state index contributed by atoms with van der Waals surface area (Å²) in [4.78, 5) is 0. The van der Waals surface area contributed by atoms with Crippen LogP contribution in [0.1, 0.15) is 61.4 Å². The van der Waals surface area contributed by atoms with Gasteiger partial charge in [-0.15, -0.1) is 10.2 Å². The molecule has 2 saturated carbocycles. The first-order valence-electron chi connectivity index (χ1n) is 11.0. The number of methoxy groups -OCH3 is 1. The smallest absolute Gasteiger partial charge is 0.249 e. The summed E-state index contributed by atoms with van der Waals surface area (Å²) in [5.41, 5.74) is 2.04. The predicted molar refractivity (Wildman–Crippen MR) is 113 cm³/mol. The standard InChI is InChI=1S/C24H26F3N3O2/c1-15-20(9-12-30-21(15)28-29-22(30)16-13-24(26,27)14-16)32-19-7-10-23(31-2,11-8-19)17-3-5-18(25)6-4-17/h3-6,9,12,16,19H,7-8,10-11,13-14H2,1-2H3. The van der Waals surface area contributed by atoms with Gasteiger partial charge in [-0.25, -0.2) is 13.2 Å². The van der Waals surface area contributed by atoms with Crippen LogP contribution in [0.3, 0.4) is 0 Å². The maximum Gasteiger partial charge on any atom is 0.249 e. The van der Waals surface area contributed by atoms with Crippen LogP contribution in [0.5, 0.6) is 5.75 Å². The van der Waals surface area contributed by atoms with Gasteiger partial charge < -0.3 is 9.47 Å². The summed E-state index contributed by atoms with van der Waals surface area (Å²) in [5, 5.41) is 8.43. The van der Waals surface area contributed by atoms with Crippen molar-refractivity contribution < 1.29 is 22.6 Å². The van der Waals surface area contributed by atoms with E-state index in [-0.39, 0.29) is 30.7 Å². The van der Waals surface area contributed by atoms with Gasteiger partial charge in [-0.1, -0.05) is 12.1 Å². The van der Waals surface area contributed by atoms with Gasteiger partial charge in [0.15, 0.2) is 5.65 Å². The number of aromatic nitrogens is 3. The predicted octanol–water partition coefficient (Wildman–Crippen LogP) is 5.55. The van der Waals surface area contributed by atoms with Crippen molar-refractivity contribution in [1.82, 2.24) is 14.6 Å². The number of ether oxygens (including phenoxy) is 2. The zero-order chi connectivity index (χ0) is 22.5. The van der Waals surface area contributed by atoms with Crippen LogP contribution in [0.2, 0.25) is 0 Å². The van der Waals surface area contributed by atoms with E-state index in [1.807, 2.05) is 19.2 Å². The minimum Gasteiger partial charge on any atom is -0.490 e. The minimum atomic E-state index is -2.60. The summed E-state index contributed by atoms with van der Waals surface area (Å²) in [5.74, 6) is -1.81. The topological polar surface area (TPSA) is 48.7 Å². The molecule has 0 spiro atoms. The maximum absolute atomic E-state index is 13.3. The quantitative estimate of drug-likeness (QED) is 0.517. The highest BCUT2D eigenvalue weighted by atomic mass is 19.3. The second-order valence-electron chi connectivity index (χ2n) is 9.04. The Labute approximate surface area is 184 Å². The van der Waals surface area contributed by atoms with E-state index < -0.39 is 11.5 Å². The zero-order valence-electron chi connectivity index (χ0n) is 18.2. The molecule has 32 heavy (non-hydrogen) atoms. The van der Waals surface area contributed by atoms with Gasteiger partial charge in [0.05, 0.1) is 11.7 Å². The Morgan fingerprint density at radius 1 is 1.03 bits per heavy atom. The van der Waals surface area contributed by atoms with Gasteiger partial charge in [0, 0.05) is 37.6 Å². The fourth-order valence-electron chi connectivity index (χ4n) is 5.05. The number of alkyl halides is 2. The number of fused-ring (bicyclic) bond motifs is 1. The van der Waals surface area contributed by atoms with E-state index in [0.29, 0.717) is 11.5 Å². The fraction of sp³-hybridized carbons (Fsp3) is 0.500. The Bertz CT molecular complexity index is 1110. The lowest BCUT2D eigenvalue weighted by Gasteiger charge is -2.39. The summed E-state index contributed by atoms with van der Waals surface area (Å²) in [6, 6.07) is 8.38. The number of rotatable bonds is 5. The van der Waals surface area contributed by atoms with E-state index in [4.69, 9.17) is 9.47 Å². The lowest BCUT2D eigenvalue weighted by molar-refractivity contribution is -0.0887. The van der Waals surface area contributed by atoms with E-state index in [1.165, 1.54) is 12.1 Å². The number of pyridine rings is 1. The molecule has 2 aromatic heterocycles. The SMILES string of the molecule is COC1(c2ccc(F)cc2)CCC(Oc2ccn3c(C4CC(F)(F)C4)nnc3c2C)CC1. The molecule has 0 saturated heterocycles. The van der Waals surface area contributed by atoms with Crippen LogP contribution >= 0.6 is 0 Å². The Morgan fingerprint density at radius 2 is 1.72 bits per heavy atom. The first kappa shape index (κ1) is 21.2. The number of hydrogen-bond acceptors (Lipinski definition) is 4. The summed E-state index contributed by atoms with van der Waals surface area (Å²) >= 11 is 0. The van der Waals surface area contributed by atoms with Crippen molar-refractivity contribution in [3.63, 3.8) is 0 Å². The highest BCUT2D eigenvalue weighted by molar-refractivity contribution is 5.54. The van der Waals surface area contributed by atoms with Gasteiger partial charge >= 0.3 is 0 Å². The van der Waals surface area contributed by atoms with Crippen molar-refractivity contribution in [3.8, 4) is 5.75 Å². The number of nitrogens with zero attached hydrogens (tertiary/aromatic N) is 3. The molecule has 0 unspecified atom stereocenters. The molecule has 2 fully saturated rings. The third-order valence-electron chi connectivity index (χ3n) is 7.05. The number of hydrogen-bond donors (Lipinski definition) is 0. The highest BCUT2D eigenvalue weighted by Gasteiger charge is 2.48. The van der Waals surface area contributed by atoms with Crippen LogP contribution in [-0.4, -0.2) is 33.7 Å². The summed E-state index contributed by atoms with van der Waals surface area (Å²) in [7, 11) is 1.70. The largest absolute Gasteiger partial charge is 0.490 e. The number of halogens is 3. The van der Waals surface area contributed by atoms with Crippen LogP contribution < -0.4 is 4.74 Å². The molecular weight excluding hydrogens is 419 g/mol. The van der Waals surface area contributed by atoms with Gasteiger partial charge in [-0.2, -0.15) is 0 Å². The Hall–Kier alpha value is -2.61. The maximum atomic E-state index is 13.3. The Balaban J connectivity index is 1.29. The van der Waals surface area contributed by atoms with Crippen molar-refractivity contribution in [2.45, 2.75) is 69.0 Å². The number of aryl methyl sites for hydroxylation is 1. The normalized spacial score (nSPS) is 25.6. The molecule has 2 heterocycles. The molecule has 2 aliphatic rings. The molecule has 170 valence electrons. The Kier molecular flexibility index (Phi) is 5.15. The molecule has 8 heteroatoms. The highest BCUT2D eigenvalue weighted by Crippen LogP contribution is 2.48. The second kappa shape index (κ2) is 7.76. The third kappa shape index (κ3) is 3.64. The van der Waals surface area contributed by atoms with E-state index in [9.17, 15) is 13.2 Å². The van der Waals surface area contributed by atoms with E-state index in [0.717, 1.165) is 42.6 Å². The first-order valence-corrected chi connectivity index (χ1v) is 11.0. The minimum absolute atomic E-state index is 0.0209. The molecule has 0 atom stereocenters. The summed E-state index contributed by atoms with van der Waals surface area (Å²) < 4.78 is 53.9. The van der Waals surface area contributed by atoms with Gasteiger partial charge in [-0.3, -0.25) is 4.40 Å². The number of benzene rings is 1. The zero-order valence-corrected chi connectivity index (χ0v) is 18.2. The molecule has 2 aliphatic carbocycles. The molecular formula is C24H26F3N3O2. The van der Waals surface area contributed by atoms with Crippen molar-refractivity contribution in [2.24, 2.45) is 0 Å². The van der Waals surface area contributed by atoms with Gasteiger partial charge in [0.25, 0.3) is 0 Å². The van der Waals surface area contributed by atoms with E-state index >= 15 is 0 Å². The molecule has 0 radical (unpaired) electrons. The second-order valence-corrected chi connectivity index (χ2v) is 9.04. The van der Waals surface area contributed by atoms with Crippen LogP contribution in [0.4, 0.5) is 13.2 Å². The van der Waals surface area contributed by atoms with Crippen LogP contribution in [-0.2, 0) is 10.3 Å². The average molecular weight is 445 g/mol. The van der Waals surface area contributed by atoms with Crippen molar-refractivity contribution in [1.29, 1.82) is 0 Å². The molecule has 0 amide bonds. The average Bonchev–Trinajstić information content (AvgIpc) is 3.20. The first-order chi connectivity index (χ1) is 15.3. The molecule has 0 aliphatic heterocycles. The van der Waals surface area contributed by atoms with Crippen molar-refractivity contribution in [2.75, 3.05) is 7.11 Å². The van der Waals surface area contributed by atoms with E-state index in [2.05, 4.69) is 10.2 Å². The van der Waals surface area contributed by atoms with Crippen LogP contribution in [0.25, 0.3) is 5.65 Å². The molecule has 5 rings (SSSR count). The summed E-state index contributed by atoms with van der Waals surface area (Å²) in [6.45, 7) is 1.92. The van der Waals surface area contributed by atoms with Crippen molar-refractivity contribution >= 4 is 5.65 Å². The molecule has 1 aromatic carbocycles. The molecule has 5 nitrogen and oxygen atoms in total. The van der Waals surface area contributed by atoms with Gasteiger partial charge in [0.2, 0.25) is 5.92 Å².